The molecule has 7 nitrogen and oxygen atoms in total. The summed E-state index contributed by atoms with van der Waals surface area (Å²) in [5, 5.41) is 16.5. The van der Waals surface area contributed by atoms with Gasteiger partial charge < -0.3 is 0 Å². The Morgan fingerprint density at radius 3 is 2.45 bits per heavy atom. The molecule has 0 spiro atoms. The lowest BCUT2D eigenvalue weighted by Gasteiger charge is -2.05. The molecule has 1 aromatic heterocycles. The summed E-state index contributed by atoms with van der Waals surface area (Å²) in [6.07, 6.45) is 0. The number of hydrazone groups is 1. The van der Waals surface area contributed by atoms with Crippen molar-refractivity contribution < 1.29 is 9.18 Å². The van der Waals surface area contributed by atoms with E-state index in [2.05, 4.69) is 25.9 Å². The molecule has 0 saturated heterocycles. The van der Waals surface area contributed by atoms with E-state index in [1.807, 2.05) is 42.5 Å². The molecular formula is C23H19FN6O. The summed E-state index contributed by atoms with van der Waals surface area (Å²) in [6, 6.07) is 22.9. The van der Waals surface area contributed by atoms with Crippen molar-refractivity contribution in [3.63, 3.8) is 0 Å². The number of tetrazole rings is 1. The maximum Gasteiger partial charge on any atom is 0.271 e. The fourth-order valence-electron chi connectivity index (χ4n) is 2.95. The van der Waals surface area contributed by atoms with Gasteiger partial charge in [0.15, 0.2) is 0 Å². The predicted octanol–water partition coefficient (Wildman–Crippen LogP) is 3.68. The summed E-state index contributed by atoms with van der Waals surface area (Å²) in [6.45, 7) is 2.06. The highest BCUT2D eigenvalue weighted by Crippen LogP contribution is 2.13. The second-order valence-electron chi connectivity index (χ2n) is 6.82. The van der Waals surface area contributed by atoms with Crippen LogP contribution in [-0.4, -0.2) is 31.8 Å². The molecule has 1 heterocycles. The highest BCUT2D eigenvalue weighted by atomic mass is 19.1. The van der Waals surface area contributed by atoms with Crippen LogP contribution in [0.3, 0.4) is 0 Å². The zero-order chi connectivity index (χ0) is 21.6. The molecule has 0 saturated carbocycles. The van der Waals surface area contributed by atoms with E-state index in [1.165, 1.54) is 10.9 Å². The standard InChI is InChI=1S/C23H19FN6O/c1-16(20-9-5-6-10-21(20)24)25-27-23(31)19-13-11-17(12-14-19)15-30-28-22(26-29-30)18-7-3-2-4-8-18/h2-14H,15H2,1H3,(H,27,31)/b25-16-. The molecule has 4 aromatic rings. The monoisotopic (exact) mass is 414 g/mol. The molecule has 0 bridgehead atoms. The van der Waals surface area contributed by atoms with Gasteiger partial charge in [0.2, 0.25) is 5.82 Å². The number of amides is 1. The van der Waals surface area contributed by atoms with Crippen LogP contribution in [0, 0.1) is 5.82 Å². The minimum Gasteiger partial charge on any atom is -0.267 e. The van der Waals surface area contributed by atoms with E-state index in [4.69, 9.17) is 0 Å². The van der Waals surface area contributed by atoms with Crippen LogP contribution < -0.4 is 5.43 Å². The number of carbonyl (C=O) groups excluding carboxylic acids is 1. The lowest BCUT2D eigenvalue weighted by atomic mass is 10.1. The first kappa shape index (κ1) is 20.1. The van der Waals surface area contributed by atoms with Crippen LogP contribution in [-0.2, 0) is 6.54 Å². The Bertz CT molecular complexity index is 1220. The summed E-state index contributed by atoms with van der Waals surface area (Å²) >= 11 is 0. The third-order valence-electron chi connectivity index (χ3n) is 4.61. The quantitative estimate of drug-likeness (QED) is 0.385. The van der Waals surface area contributed by atoms with E-state index >= 15 is 0 Å². The van der Waals surface area contributed by atoms with Gasteiger partial charge in [-0.2, -0.15) is 9.90 Å². The predicted molar refractivity (Wildman–Crippen MR) is 115 cm³/mol. The molecule has 0 aliphatic rings. The number of aromatic nitrogens is 4. The lowest BCUT2D eigenvalue weighted by molar-refractivity contribution is 0.0955. The third kappa shape index (κ3) is 4.87. The maximum atomic E-state index is 13.8. The first-order valence-electron chi connectivity index (χ1n) is 9.62. The summed E-state index contributed by atoms with van der Waals surface area (Å²) in [5.41, 5.74) is 5.43. The molecule has 0 atom stereocenters. The molecule has 0 radical (unpaired) electrons. The van der Waals surface area contributed by atoms with Gasteiger partial charge in [0, 0.05) is 16.7 Å². The Labute approximate surface area is 178 Å². The van der Waals surface area contributed by atoms with Gasteiger partial charge in [0.1, 0.15) is 5.82 Å². The minimum atomic E-state index is -0.389. The van der Waals surface area contributed by atoms with Crippen molar-refractivity contribution in [2.75, 3.05) is 0 Å². The van der Waals surface area contributed by atoms with E-state index in [1.54, 1.807) is 37.3 Å². The smallest absolute Gasteiger partial charge is 0.267 e. The van der Waals surface area contributed by atoms with Gasteiger partial charge in [0.25, 0.3) is 5.91 Å². The van der Waals surface area contributed by atoms with E-state index in [0.717, 1.165) is 11.1 Å². The van der Waals surface area contributed by atoms with Gasteiger partial charge >= 0.3 is 0 Å². The normalized spacial score (nSPS) is 11.4. The highest BCUT2D eigenvalue weighted by molar-refractivity contribution is 6.01. The van der Waals surface area contributed by atoms with Crippen molar-refractivity contribution in [1.29, 1.82) is 0 Å². The van der Waals surface area contributed by atoms with Gasteiger partial charge in [-0.1, -0.05) is 60.7 Å². The van der Waals surface area contributed by atoms with Crippen LogP contribution in [0.4, 0.5) is 4.39 Å². The zero-order valence-electron chi connectivity index (χ0n) is 16.7. The fourth-order valence-corrected chi connectivity index (χ4v) is 2.95. The molecule has 1 amide bonds. The first-order valence-corrected chi connectivity index (χ1v) is 9.62. The first-order chi connectivity index (χ1) is 15.1. The Morgan fingerprint density at radius 2 is 1.71 bits per heavy atom. The van der Waals surface area contributed by atoms with Gasteiger partial charge in [-0.25, -0.2) is 9.82 Å². The Morgan fingerprint density at radius 1 is 1.00 bits per heavy atom. The summed E-state index contributed by atoms with van der Waals surface area (Å²) in [5.74, 6) is -0.216. The van der Waals surface area contributed by atoms with Gasteiger partial charge in [-0.15, -0.1) is 10.2 Å². The number of hydrogen-bond acceptors (Lipinski definition) is 5. The molecule has 0 unspecified atom stereocenters. The molecular weight excluding hydrogens is 395 g/mol. The zero-order valence-corrected chi connectivity index (χ0v) is 16.7. The fraction of sp³-hybridized carbons (Fsp3) is 0.0870. The number of benzene rings is 3. The molecule has 0 aliphatic carbocycles. The number of carbonyl (C=O) groups is 1. The van der Waals surface area contributed by atoms with Crippen LogP contribution in [0.2, 0.25) is 0 Å². The number of rotatable bonds is 6. The second kappa shape index (κ2) is 9.08. The van der Waals surface area contributed by atoms with Crippen LogP contribution in [0.5, 0.6) is 0 Å². The summed E-state index contributed by atoms with van der Waals surface area (Å²) in [4.78, 5) is 13.8. The Balaban J connectivity index is 1.39. The van der Waals surface area contributed by atoms with Crippen molar-refractivity contribution >= 4 is 11.6 Å². The van der Waals surface area contributed by atoms with Crippen LogP contribution in [0.25, 0.3) is 11.4 Å². The minimum absolute atomic E-state index is 0.341. The summed E-state index contributed by atoms with van der Waals surface area (Å²) in [7, 11) is 0. The molecule has 0 aliphatic heterocycles. The SMILES string of the molecule is C/C(=N/NC(=O)c1ccc(Cn2nnc(-c3ccccc3)n2)cc1)c1ccccc1F. The van der Waals surface area contributed by atoms with Crippen LogP contribution in [0.1, 0.15) is 28.4 Å². The van der Waals surface area contributed by atoms with E-state index in [-0.39, 0.29) is 11.7 Å². The second-order valence-corrected chi connectivity index (χ2v) is 6.82. The number of hydrogen-bond donors (Lipinski definition) is 1. The molecule has 1 N–H and O–H groups in total. The molecule has 4 rings (SSSR count). The van der Waals surface area contributed by atoms with Gasteiger partial charge in [0.05, 0.1) is 12.3 Å². The van der Waals surface area contributed by atoms with E-state index in [9.17, 15) is 9.18 Å². The Kier molecular flexibility index (Phi) is 5.89. The van der Waals surface area contributed by atoms with Crippen molar-refractivity contribution in [2.24, 2.45) is 5.10 Å². The van der Waals surface area contributed by atoms with Crippen molar-refractivity contribution in [3.05, 3.63) is 101 Å². The van der Waals surface area contributed by atoms with E-state index in [0.29, 0.717) is 29.2 Å². The maximum absolute atomic E-state index is 13.8. The van der Waals surface area contributed by atoms with Gasteiger partial charge in [-0.3, -0.25) is 4.79 Å². The molecule has 0 fully saturated rings. The van der Waals surface area contributed by atoms with E-state index < -0.39 is 0 Å². The van der Waals surface area contributed by atoms with Crippen LogP contribution >= 0.6 is 0 Å². The molecule has 154 valence electrons. The molecule has 31 heavy (non-hydrogen) atoms. The van der Waals surface area contributed by atoms with Crippen molar-refractivity contribution in [3.8, 4) is 11.4 Å². The molecule has 8 heteroatoms. The average molecular weight is 414 g/mol. The average Bonchev–Trinajstić information content (AvgIpc) is 3.27. The summed E-state index contributed by atoms with van der Waals surface area (Å²) < 4.78 is 13.8. The lowest BCUT2D eigenvalue weighted by Crippen LogP contribution is -2.19. The number of nitrogens with one attached hydrogen (secondary N) is 1. The third-order valence-corrected chi connectivity index (χ3v) is 4.61. The largest absolute Gasteiger partial charge is 0.271 e. The Hall–Kier alpha value is -4.20. The van der Waals surface area contributed by atoms with Gasteiger partial charge in [-0.05, 0) is 35.9 Å². The highest BCUT2D eigenvalue weighted by Gasteiger charge is 2.09. The van der Waals surface area contributed by atoms with Crippen molar-refractivity contribution in [2.45, 2.75) is 13.5 Å². The van der Waals surface area contributed by atoms with Crippen LogP contribution in [0.15, 0.2) is 84.0 Å². The number of halogens is 1. The topological polar surface area (TPSA) is 85.1 Å². The molecule has 3 aromatic carbocycles. The number of nitrogens with zero attached hydrogens (tertiary/aromatic N) is 5. The van der Waals surface area contributed by atoms with Crippen molar-refractivity contribution in [1.82, 2.24) is 25.6 Å².